The van der Waals surface area contributed by atoms with Gasteiger partial charge in [-0.3, -0.25) is 4.79 Å². The molecule has 2 saturated heterocycles. The Balaban J connectivity index is 1.79. The Bertz CT molecular complexity index is 261. The third kappa shape index (κ3) is 3.71. The fraction of sp³-hybridized carbons (Fsp3) is 0.933. The van der Waals surface area contributed by atoms with E-state index < -0.39 is 0 Å². The molecule has 0 N–H and O–H groups in total. The highest BCUT2D eigenvalue weighted by Crippen LogP contribution is 2.21. The van der Waals surface area contributed by atoms with E-state index in [0.717, 1.165) is 6.54 Å². The summed E-state index contributed by atoms with van der Waals surface area (Å²) in [4.78, 5) is 16.7. The van der Waals surface area contributed by atoms with Gasteiger partial charge in [0.05, 0.1) is 0 Å². The summed E-state index contributed by atoms with van der Waals surface area (Å²) in [5.41, 5.74) is 0. The van der Waals surface area contributed by atoms with Crippen LogP contribution in [0, 0.1) is 0 Å². The van der Waals surface area contributed by atoms with Gasteiger partial charge >= 0.3 is 0 Å². The van der Waals surface area contributed by atoms with E-state index in [-0.39, 0.29) is 0 Å². The first-order valence-corrected chi connectivity index (χ1v) is 7.83. The minimum absolute atomic E-state index is 0.360. The Morgan fingerprint density at radius 1 is 1.06 bits per heavy atom. The number of carbonyl (C=O) groups excluding carboxylic acids is 1. The molecule has 0 unspecified atom stereocenters. The van der Waals surface area contributed by atoms with Crippen molar-refractivity contribution in [1.82, 2.24) is 9.80 Å². The Hall–Kier alpha value is -0.570. The summed E-state index contributed by atoms with van der Waals surface area (Å²) in [7, 11) is 0. The first kappa shape index (κ1) is 13.9. The van der Waals surface area contributed by atoms with Gasteiger partial charge in [0.2, 0.25) is 5.91 Å². The average Bonchev–Trinajstić information content (AvgIpc) is 2.45. The molecule has 0 aromatic rings. The highest BCUT2D eigenvalue weighted by atomic mass is 16.2. The van der Waals surface area contributed by atoms with Gasteiger partial charge in [-0.15, -0.1) is 0 Å². The predicted molar refractivity (Wildman–Crippen MR) is 74.6 cm³/mol. The molecule has 1 atom stereocenters. The molecule has 0 radical (unpaired) electrons. The van der Waals surface area contributed by atoms with Crippen molar-refractivity contribution in [3.05, 3.63) is 0 Å². The van der Waals surface area contributed by atoms with E-state index in [4.69, 9.17) is 0 Å². The number of amides is 1. The third-order valence-electron chi connectivity index (χ3n) is 4.48. The average molecular weight is 252 g/mol. The quantitative estimate of drug-likeness (QED) is 0.768. The van der Waals surface area contributed by atoms with E-state index in [0.29, 0.717) is 18.4 Å². The third-order valence-corrected chi connectivity index (χ3v) is 4.48. The van der Waals surface area contributed by atoms with E-state index in [9.17, 15) is 4.79 Å². The molecule has 2 aliphatic heterocycles. The second-order valence-corrected chi connectivity index (χ2v) is 5.78. The monoisotopic (exact) mass is 252 g/mol. The lowest BCUT2D eigenvalue weighted by atomic mass is 9.98. The summed E-state index contributed by atoms with van der Waals surface area (Å²) in [6, 6.07) is 0.521. The summed E-state index contributed by atoms with van der Waals surface area (Å²) in [5.74, 6) is 0.360. The van der Waals surface area contributed by atoms with Gasteiger partial charge in [-0.25, -0.2) is 0 Å². The molecule has 104 valence electrons. The highest BCUT2D eigenvalue weighted by Gasteiger charge is 2.25. The van der Waals surface area contributed by atoms with Crippen LogP contribution in [0.2, 0.25) is 0 Å². The zero-order chi connectivity index (χ0) is 12.8. The molecular formula is C15H28N2O. The van der Waals surface area contributed by atoms with Crippen LogP contribution in [-0.4, -0.2) is 47.9 Å². The smallest absolute Gasteiger partial charge is 0.222 e. The molecule has 0 bridgehead atoms. The van der Waals surface area contributed by atoms with Gasteiger partial charge in [-0.2, -0.15) is 0 Å². The van der Waals surface area contributed by atoms with Crippen molar-refractivity contribution in [2.45, 2.75) is 64.3 Å². The molecule has 0 aromatic heterocycles. The van der Waals surface area contributed by atoms with Crippen molar-refractivity contribution in [2.24, 2.45) is 0 Å². The Kier molecular flexibility index (Phi) is 5.48. The van der Waals surface area contributed by atoms with Crippen LogP contribution in [-0.2, 0) is 4.79 Å². The van der Waals surface area contributed by atoms with Crippen molar-refractivity contribution in [2.75, 3.05) is 26.2 Å². The highest BCUT2D eigenvalue weighted by molar-refractivity contribution is 5.76. The largest absolute Gasteiger partial charge is 0.340 e. The van der Waals surface area contributed by atoms with E-state index in [1.807, 2.05) is 6.92 Å². The molecule has 0 spiro atoms. The number of carbonyl (C=O) groups is 1. The summed E-state index contributed by atoms with van der Waals surface area (Å²) in [6.45, 7) is 6.72. The molecule has 1 amide bonds. The maximum atomic E-state index is 11.9. The molecular weight excluding hydrogens is 224 g/mol. The van der Waals surface area contributed by atoms with Crippen molar-refractivity contribution < 1.29 is 4.79 Å². The first-order chi connectivity index (χ1) is 8.81. The van der Waals surface area contributed by atoms with Crippen molar-refractivity contribution in [1.29, 1.82) is 0 Å². The predicted octanol–water partition coefficient (Wildman–Crippen LogP) is 2.65. The molecule has 3 nitrogen and oxygen atoms in total. The van der Waals surface area contributed by atoms with Gasteiger partial charge in [0.25, 0.3) is 0 Å². The van der Waals surface area contributed by atoms with Crippen LogP contribution in [0.1, 0.15) is 58.3 Å². The van der Waals surface area contributed by atoms with Crippen molar-refractivity contribution in [3.63, 3.8) is 0 Å². The normalized spacial score (nSPS) is 26.3. The number of hydrogen-bond acceptors (Lipinski definition) is 2. The molecule has 2 heterocycles. The summed E-state index contributed by atoms with van der Waals surface area (Å²) in [5, 5.41) is 0. The Morgan fingerprint density at radius 3 is 2.50 bits per heavy atom. The lowest BCUT2D eigenvalue weighted by Crippen LogP contribution is -2.45. The van der Waals surface area contributed by atoms with Gasteiger partial charge in [0.1, 0.15) is 0 Å². The standard InChI is InChI=1S/C15H28N2O/c1-2-15(18)17-12-7-4-8-14(17)9-13-16-10-5-3-6-11-16/h14H,2-13H2,1H3/t14-/m1/s1. The molecule has 2 rings (SSSR count). The number of nitrogens with zero attached hydrogens (tertiary/aromatic N) is 2. The topological polar surface area (TPSA) is 23.6 Å². The van der Waals surface area contributed by atoms with Crippen LogP contribution in [0.15, 0.2) is 0 Å². The minimum Gasteiger partial charge on any atom is -0.340 e. The lowest BCUT2D eigenvalue weighted by molar-refractivity contribution is -0.134. The van der Waals surface area contributed by atoms with Crippen LogP contribution < -0.4 is 0 Å². The number of likely N-dealkylation sites (tertiary alicyclic amines) is 2. The second-order valence-electron chi connectivity index (χ2n) is 5.78. The van der Waals surface area contributed by atoms with E-state index >= 15 is 0 Å². The SMILES string of the molecule is CCC(=O)N1CCCC[C@@H]1CCN1CCCCC1. The maximum absolute atomic E-state index is 11.9. The van der Waals surface area contributed by atoms with Gasteiger partial charge in [-0.05, 0) is 51.6 Å². The van der Waals surface area contributed by atoms with Gasteiger partial charge in [0, 0.05) is 25.6 Å². The van der Waals surface area contributed by atoms with E-state index in [2.05, 4.69) is 9.80 Å². The first-order valence-electron chi connectivity index (χ1n) is 7.83. The van der Waals surface area contributed by atoms with Crippen LogP contribution in [0.5, 0.6) is 0 Å². The van der Waals surface area contributed by atoms with Crippen LogP contribution in [0.3, 0.4) is 0 Å². The maximum Gasteiger partial charge on any atom is 0.222 e. The molecule has 0 saturated carbocycles. The summed E-state index contributed by atoms with van der Waals surface area (Å²) < 4.78 is 0. The van der Waals surface area contributed by atoms with E-state index in [1.165, 1.54) is 64.6 Å². The fourth-order valence-electron chi connectivity index (χ4n) is 3.35. The molecule has 0 aliphatic carbocycles. The molecule has 3 heteroatoms. The summed E-state index contributed by atoms with van der Waals surface area (Å²) >= 11 is 0. The van der Waals surface area contributed by atoms with Gasteiger partial charge in [0.15, 0.2) is 0 Å². The van der Waals surface area contributed by atoms with Crippen LogP contribution >= 0.6 is 0 Å². The lowest BCUT2D eigenvalue weighted by Gasteiger charge is -2.37. The zero-order valence-corrected chi connectivity index (χ0v) is 11.9. The van der Waals surface area contributed by atoms with E-state index in [1.54, 1.807) is 0 Å². The number of rotatable bonds is 4. The molecule has 18 heavy (non-hydrogen) atoms. The zero-order valence-electron chi connectivity index (χ0n) is 11.9. The van der Waals surface area contributed by atoms with Gasteiger partial charge < -0.3 is 9.80 Å². The minimum atomic E-state index is 0.360. The number of piperidine rings is 2. The molecule has 2 fully saturated rings. The number of hydrogen-bond donors (Lipinski definition) is 0. The van der Waals surface area contributed by atoms with Crippen LogP contribution in [0.25, 0.3) is 0 Å². The van der Waals surface area contributed by atoms with Crippen LogP contribution in [0.4, 0.5) is 0 Å². The Labute approximate surface area is 112 Å². The summed E-state index contributed by atoms with van der Waals surface area (Å²) in [6.07, 6.45) is 9.71. The molecule has 2 aliphatic rings. The van der Waals surface area contributed by atoms with Crippen molar-refractivity contribution >= 4 is 5.91 Å². The van der Waals surface area contributed by atoms with Crippen molar-refractivity contribution in [3.8, 4) is 0 Å². The fourth-order valence-corrected chi connectivity index (χ4v) is 3.35. The molecule has 0 aromatic carbocycles. The van der Waals surface area contributed by atoms with Gasteiger partial charge in [-0.1, -0.05) is 13.3 Å². The Morgan fingerprint density at radius 2 is 1.78 bits per heavy atom. The second kappa shape index (κ2) is 7.13.